The van der Waals surface area contributed by atoms with Crippen LogP contribution in [0.4, 0.5) is 4.79 Å². The van der Waals surface area contributed by atoms with Crippen molar-refractivity contribution in [2.24, 2.45) is 0 Å². The van der Waals surface area contributed by atoms with Gasteiger partial charge in [0.2, 0.25) is 0 Å². The van der Waals surface area contributed by atoms with Crippen LogP contribution in [0.1, 0.15) is 47.6 Å². The Morgan fingerprint density at radius 3 is 2.58 bits per heavy atom. The molecule has 36 heavy (non-hydrogen) atoms. The number of aryl methyl sites for hydroxylation is 3. The van der Waals surface area contributed by atoms with Crippen LogP contribution in [-0.2, 0) is 25.5 Å². The lowest BCUT2D eigenvalue weighted by Gasteiger charge is -2.29. The van der Waals surface area contributed by atoms with Crippen molar-refractivity contribution in [2.75, 3.05) is 13.2 Å². The van der Waals surface area contributed by atoms with Gasteiger partial charge in [-0.25, -0.2) is 19.1 Å². The zero-order chi connectivity index (χ0) is 25.8. The maximum Gasteiger partial charge on any atom is 0.338 e. The fourth-order valence-corrected chi connectivity index (χ4v) is 4.33. The molecule has 0 saturated heterocycles. The van der Waals surface area contributed by atoms with E-state index < -0.39 is 24.0 Å². The molecule has 1 aliphatic rings. The molecule has 0 fully saturated rings. The number of urea groups is 1. The summed E-state index contributed by atoms with van der Waals surface area (Å²) in [6, 6.07) is 9.75. The molecule has 0 unspecified atom stereocenters. The number of hydrogen-bond donors (Lipinski definition) is 2. The summed E-state index contributed by atoms with van der Waals surface area (Å²) in [6.07, 6.45) is 0.522. The van der Waals surface area contributed by atoms with Crippen molar-refractivity contribution in [3.8, 4) is 0 Å². The first-order valence-electron chi connectivity index (χ1n) is 11.8. The van der Waals surface area contributed by atoms with Gasteiger partial charge < -0.3 is 20.1 Å². The van der Waals surface area contributed by atoms with Crippen LogP contribution in [0.5, 0.6) is 0 Å². The minimum atomic E-state index is -0.728. The summed E-state index contributed by atoms with van der Waals surface area (Å²) in [5.41, 5.74) is 5.41. The first kappa shape index (κ1) is 24.9. The van der Waals surface area contributed by atoms with Crippen molar-refractivity contribution in [3.05, 3.63) is 75.9 Å². The van der Waals surface area contributed by atoms with Gasteiger partial charge in [-0.2, -0.15) is 5.10 Å². The monoisotopic (exact) mass is 491 g/mol. The highest BCUT2D eigenvalue weighted by molar-refractivity contribution is 5.95. The highest BCUT2D eigenvalue weighted by Gasteiger charge is 2.34. The van der Waals surface area contributed by atoms with Gasteiger partial charge in [0.05, 0.1) is 29.6 Å². The third kappa shape index (κ3) is 5.22. The van der Waals surface area contributed by atoms with Crippen LogP contribution in [0.3, 0.4) is 0 Å². The topological polar surface area (TPSA) is 124 Å². The fourth-order valence-electron chi connectivity index (χ4n) is 4.33. The standard InChI is InChI=1S/C26H29N5O5/c1-5-35-25(33)23-20(28-26(34)29-24(23)18-9-7-6-8-10-18)14-36-22(32)12-11-19-16(3)27-21-13-15(2)30-31(21)17(19)4/h6-10,13,24H,5,11-12,14H2,1-4H3,(H2,28,29,34)/t24-/m1/s1. The van der Waals surface area contributed by atoms with Crippen LogP contribution in [0.15, 0.2) is 47.7 Å². The molecule has 2 aromatic heterocycles. The Morgan fingerprint density at radius 1 is 1.11 bits per heavy atom. The molecule has 1 aliphatic heterocycles. The van der Waals surface area contributed by atoms with Gasteiger partial charge in [0.25, 0.3) is 0 Å². The van der Waals surface area contributed by atoms with E-state index in [1.807, 2.05) is 45.0 Å². The van der Waals surface area contributed by atoms with Crippen LogP contribution in [0.2, 0.25) is 0 Å². The molecule has 0 spiro atoms. The van der Waals surface area contributed by atoms with E-state index in [1.165, 1.54) is 0 Å². The van der Waals surface area contributed by atoms with Crippen molar-refractivity contribution in [1.82, 2.24) is 25.2 Å². The second-order valence-electron chi connectivity index (χ2n) is 8.53. The average Bonchev–Trinajstić information content (AvgIpc) is 3.23. The molecule has 0 bridgehead atoms. The Balaban J connectivity index is 1.51. The minimum absolute atomic E-state index is 0.103. The van der Waals surface area contributed by atoms with Crippen LogP contribution < -0.4 is 10.6 Å². The molecule has 1 atom stereocenters. The number of rotatable bonds is 8. The molecule has 10 nitrogen and oxygen atoms in total. The number of esters is 2. The molecule has 3 heterocycles. The number of carbonyl (C=O) groups is 3. The predicted octanol–water partition coefficient (Wildman–Crippen LogP) is 3.00. The largest absolute Gasteiger partial charge is 0.463 e. The first-order chi connectivity index (χ1) is 17.3. The molecular weight excluding hydrogens is 462 g/mol. The Hall–Kier alpha value is -4.21. The Labute approximate surface area is 208 Å². The van der Waals surface area contributed by atoms with E-state index in [-0.39, 0.29) is 30.9 Å². The lowest BCUT2D eigenvalue weighted by Crippen LogP contribution is -2.47. The summed E-state index contributed by atoms with van der Waals surface area (Å²) in [5.74, 6) is -1.06. The van der Waals surface area contributed by atoms with Crippen LogP contribution in [0.25, 0.3) is 5.65 Å². The van der Waals surface area contributed by atoms with Crippen LogP contribution in [-0.4, -0.2) is 45.8 Å². The SMILES string of the molecule is CCOC(=O)C1=C(COC(=O)CCc2c(C)nc3cc(C)nn3c2C)NC(=O)N[C@@H]1c1ccccc1. The number of hydrogen-bond acceptors (Lipinski definition) is 7. The molecule has 188 valence electrons. The van der Waals surface area contributed by atoms with Crippen LogP contribution in [0, 0.1) is 20.8 Å². The molecule has 0 aliphatic carbocycles. The normalized spacial score (nSPS) is 15.4. The number of fused-ring (bicyclic) bond motifs is 1. The number of ether oxygens (including phenoxy) is 2. The van der Waals surface area contributed by atoms with Gasteiger partial charge in [-0.15, -0.1) is 0 Å². The Bertz CT molecular complexity index is 1350. The van der Waals surface area contributed by atoms with Gasteiger partial charge in [0.15, 0.2) is 5.65 Å². The highest BCUT2D eigenvalue weighted by atomic mass is 16.5. The number of nitrogens with zero attached hydrogens (tertiary/aromatic N) is 3. The molecule has 4 rings (SSSR count). The molecule has 10 heteroatoms. The number of aromatic nitrogens is 3. The summed E-state index contributed by atoms with van der Waals surface area (Å²) < 4.78 is 12.5. The highest BCUT2D eigenvalue weighted by Crippen LogP contribution is 2.28. The lowest BCUT2D eigenvalue weighted by atomic mass is 9.95. The second-order valence-corrected chi connectivity index (χ2v) is 8.53. The fraction of sp³-hybridized carbons (Fsp3) is 0.346. The van der Waals surface area contributed by atoms with Gasteiger partial charge in [-0.05, 0) is 45.2 Å². The van der Waals surface area contributed by atoms with Crippen molar-refractivity contribution < 1.29 is 23.9 Å². The van der Waals surface area contributed by atoms with E-state index in [1.54, 1.807) is 23.6 Å². The summed E-state index contributed by atoms with van der Waals surface area (Å²) in [4.78, 5) is 42.4. The Morgan fingerprint density at radius 2 is 1.86 bits per heavy atom. The predicted molar refractivity (Wildman–Crippen MR) is 131 cm³/mol. The van der Waals surface area contributed by atoms with Crippen molar-refractivity contribution in [1.29, 1.82) is 0 Å². The maximum atomic E-state index is 12.8. The lowest BCUT2D eigenvalue weighted by molar-refractivity contribution is -0.143. The van der Waals surface area contributed by atoms with E-state index >= 15 is 0 Å². The summed E-state index contributed by atoms with van der Waals surface area (Å²) in [5, 5.41) is 9.82. The maximum absolute atomic E-state index is 12.8. The van der Waals surface area contributed by atoms with E-state index in [0.717, 1.165) is 28.3 Å². The van der Waals surface area contributed by atoms with Gasteiger partial charge >= 0.3 is 18.0 Å². The van der Waals surface area contributed by atoms with Gasteiger partial charge in [0.1, 0.15) is 6.61 Å². The molecule has 1 aromatic carbocycles. The second kappa shape index (κ2) is 10.6. The average molecular weight is 492 g/mol. The quantitative estimate of drug-likeness (QED) is 0.464. The van der Waals surface area contributed by atoms with E-state index in [4.69, 9.17) is 9.47 Å². The minimum Gasteiger partial charge on any atom is -0.463 e. The molecule has 2 amide bonds. The van der Waals surface area contributed by atoms with Gasteiger partial charge in [-0.3, -0.25) is 4.79 Å². The first-order valence-corrected chi connectivity index (χ1v) is 11.8. The number of benzene rings is 1. The number of carbonyl (C=O) groups excluding carboxylic acids is 3. The van der Waals surface area contributed by atoms with Crippen molar-refractivity contribution >= 4 is 23.6 Å². The molecule has 3 aromatic rings. The number of nitrogens with one attached hydrogen (secondary N) is 2. The number of amides is 2. The Kier molecular flexibility index (Phi) is 7.33. The van der Waals surface area contributed by atoms with E-state index in [9.17, 15) is 14.4 Å². The molecule has 2 N–H and O–H groups in total. The summed E-state index contributed by atoms with van der Waals surface area (Å²) in [7, 11) is 0. The zero-order valence-electron chi connectivity index (χ0n) is 20.8. The molecular formula is C26H29N5O5. The van der Waals surface area contributed by atoms with Gasteiger partial charge in [-0.1, -0.05) is 30.3 Å². The van der Waals surface area contributed by atoms with Gasteiger partial charge in [0, 0.05) is 23.9 Å². The summed E-state index contributed by atoms with van der Waals surface area (Å²) in [6.45, 7) is 7.35. The summed E-state index contributed by atoms with van der Waals surface area (Å²) >= 11 is 0. The smallest absolute Gasteiger partial charge is 0.338 e. The third-order valence-corrected chi connectivity index (χ3v) is 6.02. The van der Waals surface area contributed by atoms with E-state index in [0.29, 0.717) is 12.0 Å². The van der Waals surface area contributed by atoms with Crippen molar-refractivity contribution in [3.63, 3.8) is 0 Å². The van der Waals surface area contributed by atoms with Crippen molar-refractivity contribution in [2.45, 2.75) is 46.6 Å². The van der Waals surface area contributed by atoms with Crippen LogP contribution >= 0.6 is 0 Å². The molecule has 0 radical (unpaired) electrons. The third-order valence-electron chi connectivity index (χ3n) is 6.02. The zero-order valence-corrected chi connectivity index (χ0v) is 20.8. The molecule has 0 saturated carbocycles. The van der Waals surface area contributed by atoms with E-state index in [2.05, 4.69) is 20.7 Å².